The van der Waals surface area contributed by atoms with E-state index in [9.17, 15) is 27.6 Å². The van der Waals surface area contributed by atoms with Crippen molar-refractivity contribution in [3.05, 3.63) is 10.4 Å². The molecule has 0 saturated carbocycles. The lowest BCUT2D eigenvalue weighted by Crippen LogP contribution is -2.61. The molecule has 12 nitrogen and oxygen atoms in total. The predicted octanol–water partition coefficient (Wildman–Crippen LogP) is -0.666. The lowest BCUT2D eigenvalue weighted by Gasteiger charge is -2.40. The van der Waals surface area contributed by atoms with Gasteiger partial charge in [-0.3, -0.25) is 14.3 Å². The van der Waals surface area contributed by atoms with Crippen molar-refractivity contribution in [2.45, 2.75) is 31.9 Å². The van der Waals surface area contributed by atoms with Crippen molar-refractivity contribution in [2.75, 3.05) is 49.3 Å². The largest absolute Gasteiger partial charge is 0.493 e. The number of cyclic esters (lactones) is 1. The molecule has 2 saturated heterocycles. The zero-order chi connectivity index (χ0) is 25.3. The second-order valence-electron chi connectivity index (χ2n) is 7.88. The Morgan fingerprint density at radius 3 is 2.60 bits per heavy atom. The Balaban J connectivity index is 1.83. The number of hydrogen-bond acceptors (Lipinski definition) is 11. The van der Waals surface area contributed by atoms with E-state index in [0.717, 1.165) is 4.57 Å². The number of carbonyl (C=O) groups is 2. The van der Waals surface area contributed by atoms with Gasteiger partial charge in [-0.1, -0.05) is 5.92 Å². The molecule has 4 rings (SSSR count). The van der Waals surface area contributed by atoms with Crippen molar-refractivity contribution >= 4 is 23.4 Å². The van der Waals surface area contributed by atoms with Gasteiger partial charge in [0, 0.05) is 39.6 Å². The number of piperazine rings is 1. The fourth-order valence-electron chi connectivity index (χ4n) is 3.95. The van der Waals surface area contributed by atoms with Crippen molar-refractivity contribution in [3.63, 3.8) is 0 Å². The molecular weight excluding hydrogens is 477 g/mol. The summed E-state index contributed by atoms with van der Waals surface area (Å²) in [4.78, 5) is 49.3. The minimum atomic E-state index is -5.29. The van der Waals surface area contributed by atoms with Crippen LogP contribution in [0.15, 0.2) is 4.79 Å². The molecule has 1 aromatic heterocycles. The van der Waals surface area contributed by atoms with Gasteiger partial charge < -0.3 is 24.5 Å². The van der Waals surface area contributed by atoms with Gasteiger partial charge in [-0.2, -0.15) is 18.2 Å². The first-order chi connectivity index (χ1) is 16.6. The van der Waals surface area contributed by atoms with E-state index < -0.39 is 36.1 Å². The summed E-state index contributed by atoms with van der Waals surface area (Å²) < 4.78 is 50.9. The minimum Gasteiger partial charge on any atom is -0.463 e. The molecule has 0 bridgehead atoms. The first kappa shape index (κ1) is 24.6. The first-order valence-corrected chi connectivity index (χ1v) is 10.8. The molecule has 2 unspecified atom stereocenters. The van der Waals surface area contributed by atoms with Crippen LogP contribution in [-0.4, -0.2) is 84.3 Å². The van der Waals surface area contributed by atoms with E-state index in [4.69, 9.17) is 14.3 Å². The van der Waals surface area contributed by atoms with Gasteiger partial charge in [-0.15, -0.1) is 11.0 Å². The number of ether oxygens (including phenoxy) is 2. The fraction of sp³-hybridized carbons (Fsp3) is 0.600. The number of anilines is 2. The molecule has 1 N–H and O–H groups in total. The van der Waals surface area contributed by atoms with Gasteiger partial charge in [0.05, 0.1) is 13.2 Å². The topological polar surface area (TPSA) is 118 Å². The van der Waals surface area contributed by atoms with Crippen LogP contribution in [0.5, 0.6) is 6.01 Å². The highest BCUT2D eigenvalue weighted by Gasteiger charge is 2.50. The number of fused-ring (bicyclic) bond motifs is 1. The zero-order valence-electron chi connectivity index (χ0n) is 18.9. The maximum absolute atomic E-state index is 13.4. The van der Waals surface area contributed by atoms with Gasteiger partial charge in [-0.05, 0) is 6.92 Å². The Morgan fingerprint density at radius 1 is 1.29 bits per heavy atom. The Hall–Kier alpha value is -3.51. The summed E-state index contributed by atoms with van der Waals surface area (Å²) in [6.07, 6.45) is -7.24. The third-order valence-electron chi connectivity index (χ3n) is 5.64. The van der Waals surface area contributed by atoms with Crippen LogP contribution >= 0.6 is 0 Å². The van der Waals surface area contributed by atoms with E-state index in [1.54, 1.807) is 11.8 Å². The maximum atomic E-state index is 13.4. The number of nitrogens with one attached hydrogen (secondary N) is 1. The molecule has 4 heterocycles. The molecule has 3 aliphatic heterocycles. The van der Waals surface area contributed by atoms with E-state index in [2.05, 4.69) is 22.1 Å². The second-order valence-corrected chi connectivity index (χ2v) is 7.88. The molecule has 35 heavy (non-hydrogen) atoms. The molecule has 0 radical (unpaired) electrons. The van der Waals surface area contributed by atoms with Crippen LogP contribution in [0.25, 0.3) is 0 Å². The van der Waals surface area contributed by atoms with Crippen LogP contribution in [0.2, 0.25) is 0 Å². The van der Waals surface area contributed by atoms with Gasteiger partial charge in [0.25, 0.3) is 5.56 Å². The number of esters is 1. The molecule has 190 valence electrons. The Bertz CT molecular complexity index is 1120. The number of alkyl halides is 3. The Kier molecular flexibility index (Phi) is 6.77. The Morgan fingerprint density at radius 2 is 2.00 bits per heavy atom. The number of hydrogen-bond donors (Lipinski definition) is 1. The van der Waals surface area contributed by atoms with Gasteiger partial charge in [0.15, 0.2) is 12.0 Å². The van der Waals surface area contributed by atoms with Crippen LogP contribution in [0, 0.1) is 11.8 Å². The van der Waals surface area contributed by atoms with Crippen LogP contribution in [0.4, 0.5) is 24.7 Å². The van der Waals surface area contributed by atoms with Crippen LogP contribution in [-0.2, 0) is 26.2 Å². The van der Waals surface area contributed by atoms with Gasteiger partial charge in [0.1, 0.15) is 0 Å². The van der Waals surface area contributed by atoms with E-state index >= 15 is 0 Å². The second kappa shape index (κ2) is 9.62. The number of nitrogens with zero attached hydrogens (tertiary/aromatic N) is 5. The summed E-state index contributed by atoms with van der Waals surface area (Å²) in [7, 11) is 1.35. The highest BCUT2D eigenvalue weighted by atomic mass is 19.4. The third-order valence-corrected chi connectivity index (χ3v) is 5.64. The molecule has 0 amide bonds. The number of halogens is 3. The van der Waals surface area contributed by atoms with Crippen molar-refractivity contribution < 1.29 is 37.1 Å². The highest BCUT2D eigenvalue weighted by Crippen LogP contribution is 2.39. The van der Waals surface area contributed by atoms with Gasteiger partial charge >= 0.3 is 24.1 Å². The number of carbonyl (C=O) groups excluding carboxylic acids is 2. The molecule has 1 aromatic rings. The molecule has 2 fully saturated rings. The molecular formula is C20H23F3N6O6. The normalized spacial score (nSPS) is 22.4. The molecule has 3 aliphatic rings. The molecule has 15 heteroatoms. The number of hydroxylamine groups is 1. The molecule has 0 spiro atoms. The number of aromatic nitrogens is 2. The first-order valence-electron chi connectivity index (χ1n) is 10.8. The predicted molar refractivity (Wildman–Crippen MR) is 113 cm³/mol. The van der Waals surface area contributed by atoms with Crippen LogP contribution in [0.3, 0.4) is 0 Å². The molecule has 0 aliphatic carbocycles. The Labute approximate surface area is 197 Å². The standard InChI is InChI=1S/C20H23F3N6O6/c1-3-4-8-28-13-14(25-18(26(2)15(13)30)34-12-5-11-33-16(12)31)29(35-17(32)20(21,22)23)19(28)27-9-6-24-7-10-27/h12,19,24H,5-11H2,1-2H3. The summed E-state index contributed by atoms with van der Waals surface area (Å²) in [5, 5.41) is 3.79. The van der Waals surface area contributed by atoms with Crippen LogP contribution in [0.1, 0.15) is 13.3 Å². The smallest absolute Gasteiger partial charge is 0.463 e. The molecule has 2 atom stereocenters. The summed E-state index contributed by atoms with van der Waals surface area (Å²) in [5.74, 6) is 2.02. The summed E-state index contributed by atoms with van der Waals surface area (Å²) in [6.45, 7) is 3.44. The van der Waals surface area contributed by atoms with E-state index in [1.807, 2.05) is 0 Å². The lowest BCUT2D eigenvalue weighted by atomic mass is 10.3. The van der Waals surface area contributed by atoms with Crippen molar-refractivity contribution in [2.24, 2.45) is 7.05 Å². The van der Waals surface area contributed by atoms with E-state index in [1.165, 1.54) is 11.9 Å². The van der Waals surface area contributed by atoms with Crippen LogP contribution < -0.4 is 25.6 Å². The highest BCUT2D eigenvalue weighted by molar-refractivity contribution is 5.80. The van der Waals surface area contributed by atoms with E-state index in [0.29, 0.717) is 31.2 Å². The van der Waals surface area contributed by atoms with Gasteiger partial charge in [-0.25, -0.2) is 9.59 Å². The summed E-state index contributed by atoms with van der Waals surface area (Å²) in [5.41, 5.74) is -0.796. The fourth-order valence-corrected chi connectivity index (χ4v) is 3.95. The quantitative estimate of drug-likeness (QED) is 0.410. The summed E-state index contributed by atoms with van der Waals surface area (Å²) in [6, 6.07) is -0.340. The zero-order valence-corrected chi connectivity index (χ0v) is 18.9. The third kappa shape index (κ3) is 4.71. The van der Waals surface area contributed by atoms with Crippen molar-refractivity contribution in [3.8, 4) is 17.9 Å². The van der Waals surface area contributed by atoms with Gasteiger partial charge in [0.2, 0.25) is 11.9 Å². The number of rotatable bonds is 5. The lowest BCUT2D eigenvalue weighted by molar-refractivity contribution is -0.203. The molecule has 0 aromatic carbocycles. The van der Waals surface area contributed by atoms with E-state index in [-0.39, 0.29) is 37.1 Å². The van der Waals surface area contributed by atoms with Crippen molar-refractivity contribution in [1.29, 1.82) is 0 Å². The monoisotopic (exact) mass is 500 g/mol. The average Bonchev–Trinajstić information content (AvgIpc) is 3.36. The maximum Gasteiger partial charge on any atom is 0.493 e. The SMILES string of the molecule is CC#CCN1c2c(nc(OC3CCOC3=O)n(C)c2=O)N(OC(=O)C(F)(F)F)C1N1CCNCC1. The summed E-state index contributed by atoms with van der Waals surface area (Å²) >= 11 is 0. The van der Waals surface area contributed by atoms with Crippen molar-refractivity contribution in [1.82, 2.24) is 19.8 Å². The minimum absolute atomic E-state index is 0.0514. The average molecular weight is 500 g/mol.